The molecule has 0 aliphatic heterocycles. The van der Waals surface area contributed by atoms with Crippen molar-refractivity contribution in [2.24, 2.45) is 5.73 Å². The van der Waals surface area contributed by atoms with Gasteiger partial charge >= 0.3 is 0 Å². The minimum atomic E-state index is -1.20. The number of aliphatic hydroxyl groups excluding tert-OH is 3. The van der Waals surface area contributed by atoms with Gasteiger partial charge in [0.2, 0.25) is 0 Å². The third kappa shape index (κ3) is 6.07. The van der Waals surface area contributed by atoms with Crippen molar-refractivity contribution >= 4 is 24.2 Å². The van der Waals surface area contributed by atoms with Gasteiger partial charge in [-0.2, -0.15) is 0 Å². The molecule has 0 radical (unpaired) electrons. The maximum atomic E-state index is 10.3. The van der Waals surface area contributed by atoms with Crippen molar-refractivity contribution in [2.75, 3.05) is 13.2 Å². The molecular formula is C22H27ClN2O4S. The quantitative estimate of drug-likeness (QED) is 0.394. The summed E-state index contributed by atoms with van der Waals surface area (Å²) in [5, 5.41) is 28.9. The van der Waals surface area contributed by atoms with Gasteiger partial charge in [-0.3, -0.25) is 0 Å². The van der Waals surface area contributed by atoms with Crippen molar-refractivity contribution in [3.05, 3.63) is 66.2 Å². The van der Waals surface area contributed by atoms with Gasteiger partial charge in [0.1, 0.15) is 12.0 Å². The number of hydrogen-bond acceptors (Lipinski definition) is 7. The van der Waals surface area contributed by atoms with Crippen LogP contribution in [0.1, 0.15) is 30.9 Å². The first-order chi connectivity index (χ1) is 14.0. The van der Waals surface area contributed by atoms with Gasteiger partial charge in [0, 0.05) is 21.8 Å². The maximum Gasteiger partial charge on any atom is 0.194 e. The number of aryl methyl sites for hydroxylation is 1. The van der Waals surface area contributed by atoms with E-state index in [4.69, 9.17) is 10.2 Å². The Labute approximate surface area is 186 Å². The van der Waals surface area contributed by atoms with Crippen LogP contribution in [0.3, 0.4) is 0 Å². The summed E-state index contributed by atoms with van der Waals surface area (Å²) >= 11 is 1.61. The Morgan fingerprint density at radius 1 is 1.03 bits per heavy atom. The third-order valence-electron chi connectivity index (χ3n) is 4.73. The second kappa shape index (κ2) is 10.9. The minimum Gasteiger partial charge on any atom is -0.448 e. The minimum absolute atomic E-state index is 0. The van der Waals surface area contributed by atoms with Gasteiger partial charge < -0.3 is 25.5 Å². The highest BCUT2D eigenvalue weighted by Gasteiger charge is 2.27. The van der Waals surface area contributed by atoms with Crippen LogP contribution in [0.2, 0.25) is 0 Å². The lowest BCUT2D eigenvalue weighted by Gasteiger charge is -2.27. The summed E-state index contributed by atoms with van der Waals surface area (Å²) in [5.41, 5.74) is 7.19. The van der Waals surface area contributed by atoms with Crippen LogP contribution in [0, 0.1) is 0 Å². The average molecular weight is 451 g/mol. The first kappa shape index (κ1) is 24.4. The van der Waals surface area contributed by atoms with Crippen LogP contribution in [-0.2, 0) is 6.42 Å². The van der Waals surface area contributed by atoms with E-state index in [0.29, 0.717) is 5.56 Å². The molecule has 8 heteroatoms. The summed E-state index contributed by atoms with van der Waals surface area (Å²) in [5.74, 6) is 0.727. The van der Waals surface area contributed by atoms with Crippen molar-refractivity contribution in [1.82, 2.24) is 4.98 Å². The van der Waals surface area contributed by atoms with Crippen LogP contribution in [0.5, 0.6) is 0 Å². The van der Waals surface area contributed by atoms with Gasteiger partial charge in [-0.05, 0) is 36.2 Å². The van der Waals surface area contributed by atoms with Gasteiger partial charge in [0.05, 0.1) is 24.9 Å². The van der Waals surface area contributed by atoms with Gasteiger partial charge in [0.15, 0.2) is 5.89 Å². The molecule has 1 aromatic heterocycles. The van der Waals surface area contributed by atoms with Crippen LogP contribution in [0.15, 0.2) is 69.0 Å². The molecule has 0 bridgehead atoms. The Balaban J connectivity index is 0.00000320. The third-order valence-corrected chi connectivity index (χ3v) is 5.75. The number of rotatable bonds is 9. The number of nitrogens with zero attached hydrogens (tertiary/aromatic N) is 1. The number of aromatic nitrogens is 1. The molecule has 1 unspecified atom stereocenters. The molecule has 3 rings (SSSR count). The topological polar surface area (TPSA) is 113 Å². The summed E-state index contributed by atoms with van der Waals surface area (Å²) in [7, 11) is 0. The lowest BCUT2D eigenvalue weighted by Crippen LogP contribution is -2.48. The van der Waals surface area contributed by atoms with E-state index in [0.717, 1.165) is 33.4 Å². The number of halogens is 1. The summed E-state index contributed by atoms with van der Waals surface area (Å²) in [6, 6.07) is 15.6. The Hall–Kier alpha value is -1.87. The largest absolute Gasteiger partial charge is 0.448 e. The Bertz CT molecular complexity index is 912. The van der Waals surface area contributed by atoms with Crippen molar-refractivity contribution < 1.29 is 19.7 Å². The SMILES string of the molecule is CCc1nc(-c2ccc(Sc3ccc(C(O)CC(N)(CO)CO)cc3)cc2)co1.Cl. The number of nitrogens with two attached hydrogens (primary N) is 1. The predicted octanol–water partition coefficient (Wildman–Crippen LogP) is 3.58. The molecular weight excluding hydrogens is 424 g/mol. The molecule has 0 fully saturated rings. The smallest absolute Gasteiger partial charge is 0.194 e. The van der Waals surface area contributed by atoms with Crippen molar-refractivity contribution in [3.8, 4) is 11.3 Å². The Kier molecular flexibility index (Phi) is 8.91. The Morgan fingerprint density at radius 3 is 2.10 bits per heavy atom. The fourth-order valence-corrected chi connectivity index (χ4v) is 3.69. The standard InChI is InChI=1S/C22H26N2O4S.ClH/c1-2-21-24-19(12-28-21)15-3-7-17(8-4-15)29-18-9-5-16(6-10-18)20(27)11-22(23,13-25)14-26;/h3-10,12,20,25-27H,2,11,13-14,23H2,1H3;1H. The van der Waals surface area contributed by atoms with Gasteiger partial charge in [-0.1, -0.05) is 43.0 Å². The highest BCUT2D eigenvalue weighted by atomic mass is 35.5. The summed E-state index contributed by atoms with van der Waals surface area (Å²) in [4.78, 5) is 6.56. The van der Waals surface area contributed by atoms with Crippen LogP contribution in [0.4, 0.5) is 0 Å². The monoisotopic (exact) mass is 450 g/mol. The summed E-state index contributed by atoms with van der Waals surface area (Å²) in [6.07, 6.45) is 1.67. The number of hydrogen-bond donors (Lipinski definition) is 4. The second-order valence-electron chi connectivity index (χ2n) is 7.07. The summed E-state index contributed by atoms with van der Waals surface area (Å²) < 4.78 is 5.40. The molecule has 0 aliphatic carbocycles. The fraction of sp³-hybridized carbons (Fsp3) is 0.318. The first-order valence-corrected chi connectivity index (χ1v) is 10.3. The number of benzene rings is 2. The molecule has 5 N–H and O–H groups in total. The molecule has 1 heterocycles. The first-order valence-electron chi connectivity index (χ1n) is 9.47. The normalized spacial score (nSPS) is 12.4. The van der Waals surface area contributed by atoms with Crippen LogP contribution >= 0.6 is 24.2 Å². The highest BCUT2D eigenvalue weighted by Crippen LogP contribution is 2.31. The van der Waals surface area contributed by atoms with Crippen LogP contribution in [0.25, 0.3) is 11.3 Å². The van der Waals surface area contributed by atoms with E-state index in [1.807, 2.05) is 55.5 Å². The molecule has 0 saturated heterocycles. The molecule has 162 valence electrons. The Morgan fingerprint density at radius 2 is 1.60 bits per heavy atom. The lowest BCUT2D eigenvalue weighted by atomic mass is 9.92. The van der Waals surface area contributed by atoms with E-state index in [-0.39, 0.29) is 18.8 Å². The van der Waals surface area contributed by atoms with E-state index in [9.17, 15) is 15.3 Å². The van der Waals surface area contributed by atoms with E-state index in [1.54, 1.807) is 18.0 Å². The molecule has 0 saturated carbocycles. The van der Waals surface area contributed by atoms with E-state index < -0.39 is 24.9 Å². The van der Waals surface area contributed by atoms with Gasteiger partial charge in [-0.15, -0.1) is 12.4 Å². The van der Waals surface area contributed by atoms with E-state index in [1.165, 1.54) is 0 Å². The predicted molar refractivity (Wildman–Crippen MR) is 120 cm³/mol. The highest BCUT2D eigenvalue weighted by molar-refractivity contribution is 7.99. The molecule has 0 spiro atoms. The maximum absolute atomic E-state index is 10.3. The second-order valence-corrected chi connectivity index (χ2v) is 8.22. The average Bonchev–Trinajstić information content (AvgIpc) is 3.24. The zero-order valence-corrected chi connectivity index (χ0v) is 18.3. The van der Waals surface area contributed by atoms with Gasteiger partial charge in [0.25, 0.3) is 0 Å². The lowest BCUT2D eigenvalue weighted by molar-refractivity contribution is 0.0618. The molecule has 30 heavy (non-hydrogen) atoms. The fourth-order valence-electron chi connectivity index (χ4n) is 2.88. The molecule has 6 nitrogen and oxygen atoms in total. The summed E-state index contributed by atoms with van der Waals surface area (Å²) in [6.45, 7) is 1.22. The zero-order chi connectivity index (χ0) is 20.9. The molecule has 1 atom stereocenters. The van der Waals surface area contributed by atoms with Gasteiger partial charge in [-0.25, -0.2) is 4.98 Å². The van der Waals surface area contributed by atoms with E-state index >= 15 is 0 Å². The van der Waals surface area contributed by atoms with Crippen LogP contribution < -0.4 is 5.73 Å². The number of oxazole rings is 1. The molecule has 0 aliphatic rings. The van der Waals surface area contributed by atoms with E-state index in [2.05, 4.69) is 4.98 Å². The van der Waals surface area contributed by atoms with Crippen molar-refractivity contribution in [2.45, 2.75) is 41.2 Å². The van der Waals surface area contributed by atoms with Crippen molar-refractivity contribution in [1.29, 1.82) is 0 Å². The molecule has 2 aromatic carbocycles. The number of aliphatic hydroxyl groups is 3. The zero-order valence-electron chi connectivity index (χ0n) is 16.7. The van der Waals surface area contributed by atoms with Crippen LogP contribution in [-0.4, -0.2) is 39.1 Å². The van der Waals surface area contributed by atoms with Crippen molar-refractivity contribution in [3.63, 3.8) is 0 Å². The molecule has 0 amide bonds. The molecule has 3 aromatic rings.